The minimum Gasteiger partial charge on any atom is -0.502 e. The van der Waals surface area contributed by atoms with Gasteiger partial charge in [-0.25, -0.2) is 0 Å². The summed E-state index contributed by atoms with van der Waals surface area (Å²) in [4.78, 5) is 12.9. The Kier molecular flexibility index (Phi) is 3.88. The summed E-state index contributed by atoms with van der Waals surface area (Å²) < 4.78 is 5.03. The van der Waals surface area contributed by atoms with Gasteiger partial charge in [-0.2, -0.15) is 0 Å². The maximum Gasteiger partial charge on any atom is 0.226 e. The predicted octanol–water partition coefficient (Wildman–Crippen LogP) is 0.158. The highest BCUT2D eigenvalue weighted by Crippen LogP contribution is 2.07. The number of aliphatic hydroxyl groups excluding tert-OH is 1. The maximum absolute atomic E-state index is 11.1. The standard InChI is InChI=1S/C10H15NO4/c1-7(5-12)11(2)4-8-3-9(13)10(14)6-15-8/h3,6-7,12,14H,4-5H2,1-2H3. The third kappa shape index (κ3) is 3.07. The third-order valence-corrected chi connectivity index (χ3v) is 2.29. The fraction of sp³-hybridized carbons (Fsp3) is 0.500. The Morgan fingerprint density at radius 3 is 2.80 bits per heavy atom. The SMILES string of the molecule is CC(CO)N(C)Cc1cc(=O)c(O)co1. The second-order valence-electron chi connectivity index (χ2n) is 3.54. The van der Waals surface area contributed by atoms with Crippen molar-refractivity contribution in [3.05, 3.63) is 28.3 Å². The lowest BCUT2D eigenvalue weighted by Gasteiger charge is -2.21. The minimum absolute atomic E-state index is 0.0101. The van der Waals surface area contributed by atoms with E-state index in [-0.39, 0.29) is 12.6 Å². The Bertz CT molecular complexity index is 374. The van der Waals surface area contributed by atoms with Crippen LogP contribution < -0.4 is 5.43 Å². The molecule has 1 rings (SSSR count). The molecule has 0 saturated heterocycles. The molecule has 0 spiro atoms. The molecule has 0 fully saturated rings. The van der Waals surface area contributed by atoms with Gasteiger partial charge in [-0.15, -0.1) is 0 Å². The van der Waals surface area contributed by atoms with Gasteiger partial charge in [0.05, 0.1) is 13.2 Å². The highest BCUT2D eigenvalue weighted by Gasteiger charge is 2.10. The Morgan fingerprint density at radius 1 is 1.60 bits per heavy atom. The van der Waals surface area contributed by atoms with E-state index in [9.17, 15) is 4.79 Å². The molecule has 1 aromatic rings. The quantitative estimate of drug-likeness (QED) is 0.745. The highest BCUT2D eigenvalue weighted by molar-refractivity contribution is 5.15. The second kappa shape index (κ2) is 4.95. The summed E-state index contributed by atoms with van der Waals surface area (Å²) in [6.07, 6.45) is 1.02. The number of aromatic hydroxyl groups is 1. The van der Waals surface area contributed by atoms with Crippen molar-refractivity contribution in [2.75, 3.05) is 13.7 Å². The fourth-order valence-electron chi connectivity index (χ4n) is 1.07. The van der Waals surface area contributed by atoms with E-state index in [0.29, 0.717) is 12.3 Å². The molecule has 1 atom stereocenters. The molecule has 0 saturated carbocycles. The molecule has 0 bridgehead atoms. The molecule has 0 aliphatic heterocycles. The monoisotopic (exact) mass is 213 g/mol. The summed E-state index contributed by atoms with van der Waals surface area (Å²) in [5.41, 5.74) is -0.457. The van der Waals surface area contributed by atoms with Gasteiger partial charge in [0.25, 0.3) is 0 Å². The summed E-state index contributed by atoms with van der Waals surface area (Å²) in [5.74, 6) is 0.0669. The second-order valence-corrected chi connectivity index (χ2v) is 3.54. The predicted molar refractivity (Wildman–Crippen MR) is 54.7 cm³/mol. The molecule has 0 aliphatic rings. The van der Waals surface area contributed by atoms with Gasteiger partial charge < -0.3 is 14.6 Å². The zero-order valence-corrected chi connectivity index (χ0v) is 8.80. The molecule has 0 radical (unpaired) electrons. The van der Waals surface area contributed by atoms with Crippen molar-refractivity contribution in [1.82, 2.24) is 4.90 Å². The first-order valence-corrected chi connectivity index (χ1v) is 4.66. The van der Waals surface area contributed by atoms with Gasteiger partial charge in [0.1, 0.15) is 12.0 Å². The Morgan fingerprint density at radius 2 is 2.27 bits per heavy atom. The van der Waals surface area contributed by atoms with Crippen LogP contribution in [0.25, 0.3) is 0 Å². The number of likely N-dealkylation sites (N-methyl/N-ethyl adjacent to an activating group) is 1. The van der Waals surface area contributed by atoms with E-state index in [1.165, 1.54) is 6.07 Å². The molecule has 5 nitrogen and oxygen atoms in total. The average molecular weight is 213 g/mol. The zero-order chi connectivity index (χ0) is 11.4. The molecular formula is C10H15NO4. The first-order valence-electron chi connectivity index (χ1n) is 4.66. The van der Waals surface area contributed by atoms with Gasteiger partial charge in [0, 0.05) is 12.1 Å². The molecular weight excluding hydrogens is 198 g/mol. The zero-order valence-electron chi connectivity index (χ0n) is 8.80. The van der Waals surface area contributed by atoms with Crippen LogP contribution in [-0.4, -0.2) is 34.8 Å². The molecule has 15 heavy (non-hydrogen) atoms. The van der Waals surface area contributed by atoms with Gasteiger partial charge in [-0.05, 0) is 14.0 Å². The van der Waals surface area contributed by atoms with E-state index in [2.05, 4.69) is 0 Å². The van der Waals surface area contributed by atoms with Crippen LogP contribution in [0.2, 0.25) is 0 Å². The van der Waals surface area contributed by atoms with Crippen LogP contribution in [0.1, 0.15) is 12.7 Å². The number of hydrogen-bond acceptors (Lipinski definition) is 5. The van der Waals surface area contributed by atoms with Crippen molar-refractivity contribution in [2.45, 2.75) is 19.5 Å². The van der Waals surface area contributed by atoms with E-state index in [1.54, 1.807) is 0 Å². The van der Waals surface area contributed by atoms with Crippen LogP contribution in [0.15, 0.2) is 21.5 Å². The lowest BCUT2D eigenvalue weighted by Crippen LogP contribution is -2.31. The van der Waals surface area contributed by atoms with Gasteiger partial charge in [-0.3, -0.25) is 9.69 Å². The van der Waals surface area contributed by atoms with Gasteiger partial charge in [-0.1, -0.05) is 0 Å². The summed E-state index contributed by atoms with van der Waals surface area (Å²) in [6, 6.07) is 1.24. The summed E-state index contributed by atoms with van der Waals surface area (Å²) in [6.45, 7) is 2.31. The van der Waals surface area contributed by atoms with E-state index in [0.717, 1.165) is 6.26 Å². The minimum atomic E-state index is -0.457. The van der Waals surface area contributed by atoms with E-state index in [4.69, 9.17) is 14.6 Å². The van der Waals surface area contributed by atoms with Crippen LogP contribution in [0, 0.1) is 0 Å². The molecule has 1 heterocycles. The van der Waals surface area contributed by atoms with Crippen molar-refractivity contribution >= 4 is 0 Å². The lowest BCUT2D eigenvalue weighted by atomic mass is 10.3. The number of aliphatic hydroxyl groups is 1. The molecule has 0 amide bonds. The lowest BCUT2D eigenvalue weighted by molar-refractivity contribution is 0.146. The van der Waals surface area contributed by atoms with Gasteiger partial charge in [0.15, 0.2) is 5.75 Å². The average Bonchev–Trinajstić information content (AvgIpc) is 2.22. The van der Waals surface area contributed by atoms with E-state index >= 15 is 0 Å². The van der Waals surface area contributed by atoms with Crippen LogP contribution in [-0.2, 0) is 6.54 Å². The summed E-state index contributed by atoms with van der Waals surface area (Å²) in [5, 5.41) is 17.9. The molecule has 1 unspecified atom stereocenters. The molecule has 84 valence electrons. The van der Waals surface area contributed by atoms with Crippen molar-refractivity contribution < 1.29 is 14.6 Å². The summed E-state index contributed by atoms with van der Waals surface area (Å²) >= 11 is 0. The van der Waals surface area contributed by atoms with E-state index in [1.807, 2.05) is 18.9 Å². The van der Waals surface area contributed by atoms with Crippen molar-refractivity contribution in [1.29, 1.82) is 0 Å². The van der Waals surface area contributed by atoms with Crippen LogP contribution in [0.3, 0.4) is 0 Å². The molecule has 0 aromatic carbocycles. The van der Waals surface area contributed by atoms with Crippen molar-refractivity contribution in [3.8, 4) is 5.75 Å². The van der Waals surface area contributed by atoms with Crippen molar-refractivity contribution in [3.63, 3.8) is 0 Å². The third-order valence-electron chi connectivity index (χ3n) is 2.29. The highest BCUT2D eigenvalue weighted by atomic mass is 16.4. The first-order chi connectivity index (χ1) is 7.04. The Balaban J connectivity index is 2.73. The van der Waals surface area contributed by atoms with Crippen molar-refractivity contribution in [2.24, 2.45) is 0 Å². The van der Waals surface area contributed by atoms with Gasteiger partial charge >= 0.3 is 0 Å². The molecule has 1 aromatic heterocycles. The van der Waals surface area contributed by atoms with E-state index < -0.39 is 11.2 Å². The van der Waals surface area contributed by atoms with Crippen LogP contribution in [0.5, 0.6) is 5.75 Å². The normalized spacial score (nSPS) is 13.1. The summed E-state index contributed by atoms with van der Waals surface area (Å²) in [7, 11) is 1.81. The fourth-order valence-corrected chi connectivity index (χ4v) is 1.07. The maximum atomic E-state index is 11.1. The Labute approximate surface area is 87.6 Å². The van der Waals surface area contributed by atoms with Crippen LogP contribution in [0.4, 0.5) is 0 Å². The van der Waals surface area contributed by atoms with Crippen LogP contribution >= 0.6 is 0 Å². The largest absolute Gasteiger partial charge is 0.502 e. The molecule has 2 N–H and O–H groups in total. The smallest absolute Gasteiger partial charge is 0.226 e. The van der Waals surface area contributed by atoms with Gasteiger partial charge in [0.2, 0.25) is 5.43 Å². The topological polar surface area (TPSA) is 73.9 Å². The first kappa shape index (κ1) is 11.7. The number of rotatable bonds is 4. The number of hydrogen-bond donors (Lipinski definition) is 2. The number of nitrogens with zero attached hydrogens (tertiary/aromatic N) is 1. The molecule has 0 aliphatic carbocycles. The Hall–Kier alpha value is -1.33. The molecule has 5 heteroatoms.